The molecule has 0 aliphatic heterocycles. The van der Waals surface area contributed by atoms with Crippen LogP contribution in [0.5, 0.6) is 0 Å². The average Bonchev–Trinajstić information content (AvgIpc) is 3.41. The van der Waals surface area contributed by atoms with Crippen molar-refractivity contribution in [3.05, 3.63) is 138 Å². The van der Waals surface area contributed by atoms with E-state index in [1.165, 1.54) is 44.1 Å². The number of nitrogens with zero attached hydrogens (tertiary/aromatic N) is 1. The molecule has 1 heteroatoms. The zero-order valence-corrected chi connectivity index (χ0v) is 18.6. The lowest BCUT2D eigenvalue weighted by molar-refractivity contribution is 1.11. The fraction of sp³-hybridized carbons (Fsp3) is 0.0303. The molecule has 0 amide bonds. The predicted molar refractivity (Wildman–Crippen MR) is 141 cm³/mol. The van der Waals surface area contributed by atoms with Crippen molar-refractivity contribution in [1.82, 2.24) is 4.57 Å². The second-order valence-electron chi connectivity index (χ2n) is 8.79. The molecule has 0 fully saturated rings. The fourth-order valence-electron chi connectivity index (χ4n) is 5.36. The number of hydrogen-bond acceptors (Lipinski definition) is 0. The van der Waals surface area contributed by atoms with Crippen LogP contribution in [0, 0.1) is 11.8 Å². The van der Waals surface area contributed by atoms with Gasteiger partial charge in [-0.2, -0.15) is 0 Å². The van der Waals surface area contributed by atoms with Gasteiger partial charge in [-0.05, 0) is 58.7 Å². The van der Waals surface area contributed by atoms with E-state index < -0.39 is 0 Å². The molecular formula is C33H21N. The van der Waals surface area contributed by atoms with Gasteiger partial charge in [0.05, 0.1) is 17.0 Å². The Morgan fingerprint density at radius 3 is 1.59 bits per heavy atom. The van der Waals surface area contributed by atoms with Crippen molar-refractivity contribution >= 4 is 21.8 Å². The molecule has 5 aromatic carbocycles. The minimum absolute atomic E-state index is 0.115. The van der Waals surface area contributed by atoms with E-state index in [9.17, 15) is 0 Å². The van der Waals surface area contributed by atoms with Crippen LogP contribution in [0.2, 0.25) is 0 Å². The highest BCUT2D eigenvalue weighted by molar-refractivity contribution is 6.09. The van der Waals surface area contributed by atoms with E-state index in [-0.39, 0.29) is 5.92 Å². The third kappa shape index (κ3) is 2.83. The first kappa shape index (κ1) is 19.0. The fourth-order valence-corrected chi connectivity index (χ4v) is 5.36. The number of rotatable bonds is 1. The Morgan fingerprint density at radius 1 is 0.500 bits per heavy atom. The predicted octanol–water partition coefficient (Wildman–Crippen LogP) is 7.95. The molecule has 1 aliphatic rings. The molecule has 1 heterocycles. The molecule has 0 N–H and O–H groups in total. The van der Waals surface area contributed by atoms with Crippen molar-refractivity contribution in [2.45, 2.75) is 5.92 Å². The quantitative estimate of drug-likeness (QED) is 0.233. The smallest absolute Gasteiger partial charge is 0.0717 e. The minimum Gasteiger partial charge on any atom is -0.309 e. The van der Waals surface area contributed by atoms with Crippen molar-refractivity contribution in [2.75, 3.05) is 0 Å². The van der Waals surface area contributed by atoms with E-state index in [1.807, 2.05) is 0 Å². The van der Waals surface area contributed by atoms with E-state index in [4.69, 9.17) is 0 Å². The van der Waals surface area contributed by atoms with Crippen molar-refractivity contribution in [3.63, 3.8) is 0 Å². The Morgan fingerprint density at radius 2 is 1.00 bits per heavy atom. The van der Waals surface area contributed by atoms with Gasteiger partial charge in [-0.1, -0.05) is 96.8 Å². The highest BCUT2D eigenvalue weighted by Crippen LogP contribution is 2.44. The monoisotopic (exact) mass is 431 g/mol. The molecule has 6 aromatic rings. The van der Waals surface area contributed by atoms with Gasteiger partial charge in [-0.25, -0.2) is 0 Å². The summed E-state index contributed by atoms with van der Waals surface area (Å²) in [5, 5.41) is 2.56. The van der Waals surface area contributed by atoms with Crippen LogP contribution in [-0.2, 0) is 0 Å². The number of para-hydroxylation sites is 2. The molecule has 1 nitrogen and oxygen atoms in total. The van der Waals surface area contributed by atoms with Gasteiger partial charge in [0.2, 0.25) is 0 Å². The van der Waals surface area contributed by atoms with Crippen molar-refractivity contribution in [2.24, 2.45) is 0 Å². The number of fused-ring (bicyclic) bond motifs is 6. The SMILES string of the molecule is C(#CC1c2ccccc2-c2ccccc21)c1ccc(-n2c3ccccc3c3ccccc32)cc1. The van der Waals surface area contributed by atoms with Crippen LogP contribution in [0.15, 0.2) is 121 Å². The molecule has 0 saturated carbocycles. The standard InChI is InChI=1S/C33H21N/c1-3-11-27-25(9-1)26-10-2-4-12-28(26)29(27)22-19-23-17-20-24(21-18-23)34-32-15-7-5-13-30(32)31-14-6-8-16-33(31)34/h1-18,20-21,29H. The molecule has 1 aliphatic carbocycles. The number of aromatic nitrogens is 1. The van der Waals surface area contributed by atoms with Gasteiger partial charge in [-0.3, -0.25) is 0 Å². The summed E-state index contributed by atoms with van der Waals surface area (Å²) in [6, 6.07) is 43.1. The summed E-state index contributed by atoms with van der Waals surface area (Å²) >= 11 is 0. The Labute approximate surface area is 198 Å². The normalized spacial score (nSPS) is 12.4. The van der Waals surface area contributed by atoms with E-state index in [2.05, 4.69) is 138 Å². The maximum Gasteiger partial charge on any atom is 0.0717 e. The topological polar surface area (TPSA) is 4.93 Å². The molecule has 0 saturated heterocycles. The van der Waals surface area contributed by atoms with Crippen LogP contribution in [0.25, 0.3) is 38.6 Å². The maximum atomic E-state index is 3.57. The molecule has 0 bridgehead atoms. The Kier molecular flexibility index (Phi) is 4.19. The molecule has 34 heavy (non-hydrogen) atoms. The Bertz CT molecular complexity index is 1660. The lowest BCUT2D eigenvalue weighted by Gasteiger charge is -2.08. The molecular weight excluding hydrogens is 410 g/mol. The summed E-state index contributed by atoms with van der Waals surface area (Å²) in [5.74, 6) is 7.14. The summed E-state index contributed by atoms with van der Waals surface area (Å²) in [5.41, 5.74) is 9.85. The number of hydrogen-bond donors (Lipinski definition) is 0. The van der Waals surface area contributed by atoms with E-state index in [0.29, 0.717) is 0 Å². The zero-order valence-electron chi connectivity index (χ0n) is 18.6. The van der Waals surface area contributed by atoms with Gasteiger partial charge in [0.25, 0.3) is 0 Å². The second kappa shape index (κ2) is 7.51. The van der Waals surface area contributed by atoms with Crippen LogP contribution in [0.1, 0.15) is 22.6 Å². The molecule has 0 spiro atoms. The lowest BCUT2D eigenvalue weighted by atomic mass is 9.97. The van der Waals surface area contributed by atoms with Crippen molar-refractivity contribution in [1.29, 1.82) is 0 Å². The largest absolute Gasteiger partial charge is 0.309 e. The van der Waals surface area contributed by atoms with Gasteiger partial charge in [-0.15, -0.1) is 0 Å². The summed E-state index contributed by atoms with van der Waals surface area (Å²) < 4.78 is 2.34. The van der Waals surface area contributed by atoms with Gasteiger partial charge in [0.1, 0.15) is 0 Å². The highest BCUT2D eigenvalue weighted by Gasteiger charge is 2.26. The summed E-state index contributed by atoms with van der Waals surface area (Å²) in [4.78, 5) is 0. The van der Waals surface area contributed by atoms with Gasteiger partial charge in [0, 0.05) is 22.0 Å². The third-order valence-corrected chi connectivity index (χ3v) is 6.90. The highest BCUT2D eigenvalue weighted by atomic mass is 15.0. The van der Waals surface area contributed by atoms with E-state index in [1.54, 1.807) is 0 Å². The number of benzene rings is 5. The zero-order chi connectivity index (χ0) is 22.5. The lowest BCUT2D eigenvalue weighted by Crippen LogP contribution is -1.94. The van der Waals surface area contributed by atoms with Gasteiger partial charge < -0.3 is 4.57 Å². The first-order valence-electron chi connectivity index (χ1n) is 11.7. The van der Waals surface area contributed by atoms with E-state index >= 15 is 0 Å². The van der Waals surface area contributed by atoms with Crippen LogP contribution < -0.4 is 0 Å². The van der Waals surface area contributed by atoms with Crippen molar-refractivity contribution < 1.29 is 0 Å². The first-order chi connectivity index (χ1) is 16.9. The first-order valence-corrected chi connectivity index (χ1v) is 11.7. The van der Waals surface area contributed by atoms with Gasteiger partial charge in [0.15, 0.2) is 0 Å². The van der Waals surface area contributed by atoms with Crippen LogP contribution in [0.3, 0.4) is 0 Å². The molecule has 1 aromatic heterocycles. The third-order valence-electron chi connectivity index (χ3n) is 6.90. The van der Waals surface area contributed by atoms with E-state index in [0.717, 1.165) is 11.3 Å². The summed E-state index contributed by atoms with van der Waals surface area (Å²) in [7, 11) is 0. The summed E-state index contributed by atoms with van der Waals surface area (Å²) in [6.45, 7) is 0. The van der Waals surface area contributed by atoms with Crippen LogP contribution in [-0.4, -0.2) is 4.57 Å². The molecule has 7 rings (SSSR count). The molecule has 158 valence electrons. The molecule has 0 unspecified atom stereocenters. The second-order valence-corrected chi connectivity index (χ2v) is 8.79. The summed E-state index contributed by atoms with van der Waals surface area (Å²) in [6.07, 6.45) is 0. The van der Waals surface area contributed by atoms with Crippen LogP contribution in [0.4, 0.5) is 0 Å². The minimum atomic E-state index is 0.115. The molecule has 0 atom stereocenters. The van der Waals surface area contributed by atoms with Crippen molar-refractivity contribution in [3.8, 4) is 28.7 Å². The van der Waals surface area contributed by atoms with Crippen LogP contribution >= 0.6 is 0 Å². The Balaban J connectivity index is 1.29. The van der Waals surface area contributed by atoms with Gasteiger partial charge >= 0.3 is 0 Å². The molecule has 0 radical (unpaired) electrons. The Hall–Kier alpha value is -4.54. The average molecular weight is 432 g/mol. The maximum absolute atomic E-state index is 3.57.